The molecule has 0 atom stereocenters. The highest BCUT2D eigenvalue weighted by Gasteiger charge is 2.12. The van der Waals surface area contributed by atoms with E-state index < -0.39 is 0 Å². The lowest BCUT2D eigenvalue weighted by atomic mass is 10.3. The average Bonchev–Trinajstić information content (AvgIpc) is 2.69. The van der Waals surface area contributed by atoms with Crippen LogP contribution in [0.3, 0.4) is 0 Å². The van der Waals surface area contributed by atoms with Crippen molar-refractivity contribution in [1.29, 1.82) is 0 Å². The highest BCUT2D eigenvalue weighted by Crippen LogP contribution is 2.22. The minimum absolute atomic E-state index is 0.120. The number of hydrogen-bond donors (Lipinski definition) is 0. The molecule has 2 aromatic heterocycles. The molecule has 18 heavy (non-hydrogen) atoms. The van der Waals surface area contributed by atoms with Crippen LogP contribution in [0.15, 0.2) is 35.2 Å². The number of hydrogen-bond acceptors (Lipinski definition) is 3. The highest BCUT2D eigenvalue weighted by molar-refractivity contribution is 9.10. The molecular formula is C12H11BrClN3O. The maximum Gasteiger partial charge on any atom is 0.205 e. The number of nitrogens with zero attached hydrogens (tertiary/aromatic N) is 3. The molecule has 0 aliphatic carbocycles. The third-order valence-electron chi connectivity index (χ3n) is 2.30. The van der Waals surface area contributed by atoms with Gasteiger partial charge in [-0.15, -0.1) is 0 Å². The Kier molecular flexibility index (Phi) is 3.73. The fourth-order valence-electron chi connectivity index (χ4n) is 1.50. The summed E-state index contributed by atoms with van der Waals surface area (Å²) in [6.07, 6.45) is 6.49. The summed E-state index contributed by atoms with van der Waals surface area (Å²) in [5, 5.41) is 0.500. The monoisotopic (exact) mass is 327 g/mol. The normalized spacial score (nSPS) is 11.3. The minimum Gasteiger partial charge on any atom is -0.383 e. The van der Waals surface area contributed by atoms with Crippen LogP contribution in [0.5, 0.6) is 0 Å². The van der Waals surface area contributed by atoms with Crippen LogP contribution in [0.2, 0.25) is 5.02 Å². The van der Waals surface area contributed by atoms with Crippen LogP contribution < -0.4 is 0 Å². The number of carbonyl (C=O) groups excluding carboxylic acids is 1. The van der Waals surface area contributed by atoms with Crippen molar-refractivity contribution in [3.63, 3.8) is 0 Å². The fraction of sp³-hybridized carbons (Fsp3) is 0.167. The molecule has 94 valence electrons. The van der Waals surface area contributed by atoms with E-state index >= 15 is 0 Å². The van der Waals surface area contributed by atoms with Gasteiger partial charge in [-0.25, -0.2) is 4.98 Å². The molecular weight excluding hydrogens is 318 g/mol. The first-order valence-electron chi connectivity index (χ1n) is 5.20. The second kappa shape index (κ2) is 5.12. The number of rotatable bonds is 3. The van der Waals surface area contributed by atoms with Crippen molar-refractivity contribution in [3.8, 4) is 0 Å². The van der Waals surface area contributed by atoms with Gasteiger partial charge in [0.2, 0.25) is 5.78 Å². The summed E-state index contributed by atoms with van der Waals surface area (Å²) in [6.45, 7) is 0. The number of halogens is 2. The van der Waals surface area contributed by atoms with Crippen LogP contribution in [0, 0.1) is 0 Å². The van der Waals surface area contributed by atoms with Gasteiger partial charge in [0.05, 0.1) is 11.2 Å². The molecule has 0 amide bonds. The molecule has 0 unspecified atom stereocenters. The van der Waals surface area contributed by atoms with Crippen molar-refractivity contribution in [2.24, 2.45) is 0 Å². The molecule has 4 nitrogen and oxygen atoms in total. The van der Waals surface area contributed by atoms with Crippen LogP contribution in [0.1, 0.15) is 10.5 Å². The Hall–Kier alpha value is -1.33. The smallest absolute Gasteiger partial charge is 0.205 e. The Morgan fingerprint density at radius 3 is 2.94 bits per heavy atom. The van der Waals surface area contributed by atoms with E-state index in [0.29, 0.717) is 16.4 Å². The van der Waals surface area contributed by atoms with E-state index in [1.165, 1.54) is 12.3 Å². The molecule has 0 saturated carbocycles. The minimum atomic E-state index is -0.120. The van der Waals surface area contributed by atoms with Crippen molar-refractivity contribution in [3.05, 3.63) is 45.9 Å². The number of pyridine rings is 1. The second-order valence-electron chi connectivity index (χ2n) is 3.99. The number of carbonyl (C=O) groups is 1. The largest absolute Gasteiger partial charge is 0.383 e. The van der Waals surface area contributed by atoms with E-state index in [0.717, 1.165) is 4.47 Å². The molecule has 2 heterocycles. The van der Waals surface area contributed by atoms with Crippen LogP contribution in [0.4, 0.5) is 0 Å². The van der Waals surface area contributed by atoms with Gasteiger partial charge in [0.15, 0.2) is 5.65 Å². The SMILES string of the molecule is CN(C)C=CC(=O)c1cnc2c(Cl)cc(Br)cn12. The molecule has 2 rings (SSSR count). The van der Waals surface area contributed by atoms with Gasteiger partial charge in [0, 0.05) is 37.0 Å². The van der Waals surface area contributed by atoms with E-state index in [2.05, 4.69) is 20.9 Å². The predicted octanol–water partition coefficient (Wildman–Crippen LogP) is 3.01. The van der Waals surface area contributed by atoms with Gasteiger partial charge in [-0.05, 0) is 22.0 Å². The Bertz CT molecular complexity index is 634. The highest BCUT2D eigenvalue weighted by atomic mass is 79.9. The Morgan fingerprint density at radius 2 is 2.28 bits per heavy atom. The summed E-state index contributed by atoms with van der Waals surface area (Å²) in [5.41, 5.74) is 1.05. The van der Waals surface area contributed by atoms with Crippen molar-refractivity contribution < 1.29 is 4.79 Å². The van der Waals surface area contributed by atoms with Crippen LogP contribution in [-0.4, -0.2) is 34.2 Å². The predicted molar refractivity (Wildman–Crippen MR) is 75.1 cm³/mol. The van der Waals surface area contributed by atoms with Gasteiger partial charge < -0.3 is 4.90 Å². The Balaban J connectivity index is 2.49. The van der Waals surface area contributed by atoms with Crippen molar-refractivity contribution in [1.82, 2.24) is 14.3 Å². The molecule has 2 aromatic rings. The summed E-state index contributed by atoms with van der Waals surface area (Å²) in [4.78, 5) is 18.0. The van der Waals surface area contributed by atoms with Gasteiger partial charge in [0.1, 0.15) is 5.69 Å². The van der Waals surface area contributed by atoms with E-state index in [1.54, 1.807) is 27.8 Å². The summed E-state index contributed by atoms with van der Waals surface area (Å²) < 4.78 is 2.47. The van der Waals surface area contributed by atoms with Gasteiger partial charge in [-0.1, -0.05) is 11.6 Å². The molecule has 0 N–H and O–H groups in total. The number of fused-ring (bicyclic) bond motifs is 1. The third-order valence-corrected chi connectivity index (χ3v) is 3.02. The van der Waals surface area contributed by atoms with E-state index in [1.807, 2.05) is 14.1 Å². The fourth-order valence-corrected chi connectivity index (χ4v) is 2.32. The maximum absolute atomic E-state index is 12.0. The van der Waals surface area contributed by atoms with Gasteiger partial charge in [-0.2, -0.15) is 0 Å². The zero-order valence-corrected chi connectivity index (χ0v) is 12.2. The maximum atomic E-state index is 12.0. The molecule has 0 aliphatic rings. The van der Waals surface area contributed by atoms with E-state index in [-0.39, 0.29) is 5.78 Å². The zero-order valence-electron chi connectivity index (χ0n) is 9.89. The molecule has 0 spiro atoms. The lowest BCUT2D eigenvalue weighted by Gasteiger charge is -2.03. The van der Waals surface area contributed by atoms with Gasteiger partial charge in [0.25, 0.3) is 0 Å². The summed E-state index contributed by atoms with van der Waals surface area (Å²) >= 11 is 9.40. The average molecular weight is 329 g/mol. The number of imidazole rings is 1. The molecule has 0 radical (unpaired) electrons. The van der Waals surface area contributed by atoms with Crippen molar-refractivity contribution in [2.45, 2.75) is 0 Å². The molecule has 0 aromatic carbocycles. The lowest BCUT2D eigenvalue weighted by molar-refractivity contribution is 0.104. The first-order valence-corrected chi connectivity index (χ1v) is 6.37. The molecule has 0 bridgehead atoms. The number of ketones is 1. The third kappa shape index (κ3) is 2.57. The topological polar surface area (TPSA) is 37.6 Å². The Morgan fingerprint density at radius 1 is 1.56 bits per heavy atom. The van der Waals surface area contributed by atoms with Gasteiger partial charge in [-0.3, -0.25) is 9.20 Å². The van der Waals surface area contributed by atoms with Crippen LogP contribution in [-0.2, 0) is 0 Å². The van der Waals surface area contributed by atoms with Crippen molar-refractivity contribution >= 4 is 39.0 Å². The van der Waals surface area contributed by atoms with Crippen molar-refractivity contribution in [2.75, 3.05) is 14.1 Å². The summed E-state index contributed by atoms with van der Waals surface area (Å²) in [5.74, 6) is -0.120. The quantitative estimate of drug-likeness (QED) is 0.642. The first kappa shape index (κ1) is 13.1. The van der Waals surface area contributed by atoms with Gasteiger partial charge >= 0.3 is 0 Å². The molecule has 0 saturated heterocycles. The molecule has 0 fully saturated rings. The standard InChI is InChI=1S/C12H11BrClN3O/c1-16(2)4-3-11(18)10-6-15-12-9(14)5-8(13)7-17(10)12/h3-7H,1-2H3. The number of aromatic nitrogens is 2. The molecule has 0 aliphatic heterocycles. The van der Waals surface area contributed by atoms with Crippen LogP contribution >= 0.6 is 27.5 Å². The van der Waals surface area contributed by atoms with E-state index in [4.69, 9.17) is 11.6 Å². The number of allylic oxidation sites excluding steroid dienone is 1. The lowest BCUT2D eigenvalue weighted by Crippen LogP contribution is -2.05. The van der Waals surface area contributed by atoms with Crippen LogP contribution in [0.25, 0.3) is 5.65 Å². The molecule has 6 heteroatoms. The zero-order chi connectivity index (χ0) is 13.3. The second-order valence-corrected chi connectivity index (χ2v) is 5.31. The Labute approximate surface area is 118 Å². The first-order chi connectivity index (χ1) is 8.49. The summed E-state index contributed by atoms with van der Waals surface area (Å²) in [6, 6.07) is 1.74. The van der Waals surface area contributed by atoms with E-state index in [9.17, 15) is 4.79 Å². The summed E-state index contributed by atoms with van der Waals surface area (Å²) in [7, 11) is 3.71.